The molecule has 2 aromatic rings. The molecule has 0 radical (unpaired) electrons. The molecule has 10 heteroatoms. The van der Waals surface area contributed by atoms with Crippen LogP contribution < -0.4 is 11.2 Å². The Morgan fingerprint density at radius 3 is 2.86 bits per heavy atom. The van der Waals surface area contributed by atoms with Crippen LogP contribution in [0.3, 0.4) is 0 Å². The first kappa shape index (κ1) is 15.7. The Balaban J connectivity index is 1.81. The zero-order valence-electron chi connectivity index (χ0n) is 11.9. The molecule has 2 rings (SSSR count). The van der Waals surface area contributed by atoms with E-state index in [1.54, 1.807) is 6.92 Å². The number of amides is 1. The Labute approximate surface area is 130 Å². The molecule has 0 fully saturated rings. The van der Waals surface area contributed by atoms with E-state index in [-0.39, 0.29) is 11.7 Å². The van der Waals surface area contributed by atoms with Crippen LogP contribution in [-0.2, 0) is 11.2 Å². The molecule has 2 heterocycles. The summed E-state index contributed by atoms with van der Waals surface area (Å²) in [6, 6.07) is 0. The maximum atomic E-state index is 11.8. The van der Waals surface area contributed by atoms with Gasteiger partial charge in [-0.3, -0.25) is 10.1 Å². The van der Waals surface area contributed by atoms with E-state index in [0.717, 1.165) is 24.3 Å². The van der Waals surface area contributed by atoms with Gasteiger partial charge in [0.25, 0.3) is 0 Å². The van der Waals surface area contributed by atoms with Gasteiger partial charge in [0.2, 0.25) is 16.2 Å². The molecular formula is C11H17N7OS2. The van der Waals surface area contributed by atoms with Crippen molar-refractivity contribution in [3.63, 3.8) is 0 Å². The quantitative estimate of drug-likeness (QED) is 0.581. The molecule has 0 unspecified atom stereocenters. The van der Waals surface area contributed by atoms with Crippen molar-refractivity contribution in [1.29, 1.82) is 0 Å². The summed E-state index contributed by atoms with van der Waals surface area (Å²) >= 11 is 2.63. The van der Waals surface area contributed by atoms with Crippen molar-refractivity contribution in [3.05, 3.63) is 10.8 Å². The van der Waals surface area contributed by atoms with E-state index in [1.165, 1.54) is 27.8 Å². The standard InChI is InChI=1S/C11H17N7OS2/c1-3-4-5-9-15-16-10(21-9)13-8(19)6-20-11-17-14-7(2)18(11)12/h3-6,12H2,1-2H3,(H,13,16,19). The number of anilines is 1. The minimum Gasteiger partial charge on any atom is -0.336 e. The minimum absolute atomic E-state index is 0.168. The summed E-state index contributed by atoms with van der Waals surface area (Å²) in [4.78, 5) is 11.8. The smallest absolute Gasteiger partial charge is 0.236 e. The molecule has 0 aromatic carbocycles. The highest BCUT2D eigenvalue weighted by atomic mass is 32.2. The maximum absolute atomic E-state index is 11.8. The average Bonchev–Trinajstić information content (AvgIpc) is 3.03. The van der Waals surface area contributed by atoms with Gasteiger partial charge in [0, 0.05) is 6.42 Å². The first-order valence-corrected chi connectivity index (χ1v) is 8.32. The van der Waals surface area contributed by atoms with Crippen molar-refractivity contribution < 1.29 is 4.79 Å². The number of carbonyl (C=O) groups is 1. The van der Waals surface area contributed by atoms with E-state index in [0.29, 0.717) is 16.1 Å². The molecule has 0 aliphatic carbocycles. The van der Waals surface area contributed by atoms with Gasteiger partial charge in [-0.1, -0.05) is 36.4 Å². The third-order valence-corrected chi connectivity index (χ3v) is 4.47. The molecule has 0 atom stereocenters. The van der Waals surface area contributed by atoms with Crippen LogP contribution in [0.15, 0.2) is 5.16 Å². The Morgan fingerprint density at radius 1 is 1.38 bits per heavy atom. The second-order valence-electron chi connectivity index (χ2n) is 4.34. The third-order valence-electron chi connectivity index (χ3n) is 2.62. The monoisotopic (exact) mass is 327 g/mol. The highest BCUT2D eigenvalue weighted by molar-refractivity contribution is 7.99. The lowest BCUT2D eigenvalue weighted by Gasteiger charge is -2.01. The minimum atomic E-state index is -0.168. The summed E-state index contributed by atoms with van der Waals surface area (Å²) in [6.45, 7) is 3.87. The van der Waals surface area contributed by atoms with Gasteiger partial charge in [-0.05, 0) is 13.3 Å². The lowest BCUT2D eigenvalue weighted by molar-refractivity contribution is -0.113. The molecule has 0 aliphatic heterocycles. The van der Waals surface area contributed by atoms with Gasteiger partial charge < -0.3 is 5.84 Å². The number of hydrogen-bond acceptors (Lipinski definition) is 8. The molecular weight excluding hydrogens is 310 g/mol. The van der Waals surface area contributed by atoms with Crippen LogP contribution in [-0.4, -0.2) is 36.7 Å². The van der Waals surface area contributed by atoms with Gasteiger partial charge in [-0.25, -0.2) is 4.68 Å². The predicted octanol–water partition coefficient (Wildman–Crippen LogP) is 1.23. The lowest BCUT2D eigenvalue weighted by atomic mass is 10.3. The van der Waals surface area contributed by atoms with Gasteiger partial charge in [0.1, 0.15) is 10.8 Å². The fraction of sp³-hybridized carbons (Fsp3) is 0.545. The number of hydrogen-bond donors (Lipinski definition) is 2. The molecule has 3 N–H and O–H groups in total. The van der Waals surface area contributed by atoms with Crippen molar-refractivity contribution in [1.82, 2.24) is 25.1 Å². The molecule has 114 valence electrons. The van der Waals surface area contributed by atoms with Gasteiger partial charge >= 0.3 is 0 Å². The number of aromatic nitrogens is 5. The second-order valence-corrected chi connectivity index (χ2v) is 6.35. The Hall–Kier alpha value is -1.68. The average molecular weight is 327 g/mol. The zero-order chi connectivity index (χ0) is 15.2. The number of unbranched alkanes of at least 4 members (excludes halogenated alkanes) is 1. The third kappa shape index (κ3) is 4.39. The number of thioether (sulfide) groups is 1. The van der Waals surface area contributed by atoms with Crippen LogP contribution in [0.25, 0.3) is 0 Å². The molecule has 0 bridgehead atoms. The molecule has 0 spiro atoms. The molecule has 21 heavy (non-hydrogen) atoms. The first-order chi connectivity index (χ1) is 10.1. The highest BCUT2D eigenvalue weighted by Gasteiger charge is 2.12. The number of carbonyl (C=O) groups excluding carboxylic acids is 1. The number of aryl methyl sites for hydroxylation is 2. The number of nitrogens with one attached hydrogen (secondary N) is 1. The Bertz CT molecular complexity index is 609. The topological polar surface area (TPSA) is 112 Å². The van der Waals surface area contributed by atoms with E-state index in [4.69, 9.17) is 5.84 Å². The number of rotatable bonds is 7. The molecule has 0 saturated heterocycles. The van der Waals surface area contributed by atoms with Gasteiger partial charge in [-0.2, -0.15) is 0 Å². The summed E-state index contributed by atoms with van der Waals surface area (Å²) < 4.78 is 1.35. The van der Waals surface area contributed by atoms with Crippen LogP contribution in [0, 0.1) is 6.92 Å². The van der Waals surface area contributed by atoms with E-state index in [1.807, 2.05) is 0 Å². The highest BCUT2D eigenvalue weighted by Crippen LogP contribution is 2.18. The van der Waals surface area contributed by atoms with Crippen molar-refractivity contribution >= 4 is 34.1 Å². The van der Waals surface area contributed by atoms with Gasteiger partial charge in [-0.15, -0.1) is 20.4 Å². The molecule has 2 aromatic heterocycles. The zero-order valence-corrected chi connectivity index (χ0v) is 13.5. The van der Waals surface area contributed by atoms with Crippen LogP contribution in [0.1, 0.15) is 30.6 Å². The largest absolute Gasteiger partial charge is 0.336 e. The fourth-order valence-corrected chi connectivity index (χ4v) is 2.97. The van der Waals surface area contributed by atoms with E-state index in [9.17, 15) is 4.79 Å². The van der Waals surface area contributed by atoms with E-state index >= 15 is 0 Å². The van der Waals surface area contributed by atoms with E-state index in [2.05, 4.69) is 32.6 Å². The number of nitrogens with two attached hydrogens (primary N) is 1. The summed E-state index contributed by atoms with van der Waals surface area (Å²) in [6.07, 6.45) is 3.08. The molecule has 8 nitrogen and oxygen atoms in total. The van der Waals surface area contributed by atoms with Crippen LogP contribution >= 0.6 is 23.1 Å². The van der Waals surface area contributed by atoms with Gasteiger partial charge in [0.15, 0.2) is 0 Å². The fourth-order valence-electron chi connectivity index (χ4n) is 1.47. The summed E-state index contributed by atoms with van der Waals surface area (Å²) in [5, 5.41) is 20.4. The van der Waals surface area contributed by atoms with Gasteiger partial charge in [0.05, 0.1) is 5.75 Å². The lowest BCUT2D eigenvalue weighted by Crippen LogP contribution is -2.16. The predicted molar refractivity (Wildman–Crippen MR) is 82.8 cm³/mol. The normalized spacial score (nSPS) is 10.8. The SMILES string of the molecule is CCCCc1nnc(NC(=O)CSc2nnc(C)n2N)s1. The molecule has 0 aliphatic rings. The maximum Gasteiger partial charge on any atom is 0.236 e. The Morgan fingerprint density at radius 2 is 2.19 bits per heavy atom. The Kier molecular flexibility index (Phi) is 5.51. The summed E-state index contributed by atoms with van der Waals surface area (Å²) in [5.74, 6) is 6.34. The first-order valence-electron chi connectivity index (χ1n) is 6.52. The second kappa shape index (κ2) is 7.36. The van der Waals surface area contributed by atoms with Crippen molar-refractivity contribution in [3.8, 4) is 0 Å². The van der Waals surface area contributed by atoms with Crippen LogP contribution in [0.5, 0.6) is 0 Å². The van der Waals surface area contributed by atoms with Crippen LogP contribution in [0.4, 0.5) is 5.13 Å². The summed E-state index contributed by atoms with van der Waals surface area (Å²) in [7, 11) is 0. The molecule has 0 saturated carbocycles. The van der Waals surface area contributed by atoms with Crippen molar-refractivity contribution in [2.45, 2.75) is 38.3 Å². The number of nitrogen functional groups attached to an aromatic ring is 1. The van der Waals surface area contributed by atoms with Crippen molar-refractivity contribution in [2.24, 2.45) is 0 Å². The van der Waals surface area contributed by atoms with Crippen molar-refractivity contribution in [2.75, 3.05) is 16.9 Å². The van der Waals surface area contributed by atoms with E-state index < -0.39 is 0 Å². The number of nitrogens with zero attached hydrogens (tertiary/aromatic N) is 5. The van der Waals surface area contributed by atoms with Crippen LogP contribution in [0.2, 0.25) is 0 Å². The molecule has 1 amide bonds. The summed E-state index contributed by atoms with van der Waals surface area (Å²) in [5.41, 5.74) is 0.